The van der Waals surface area contributed by atoms with Crippen LogP contribution in [0.2, 0.25) is 5.02 Å². The number of methoxy groups -OCH3 is 1. The van der Waals surface area contributed by atoms with Crippen LogP contribution in [0.3, 0.4) is 0 Å². The highest BCUT2D eigenvalue weighted by Gasteiger charge is 2.20. The summed E-state index contributed by atoms with van der Waals surface area (Å²) in [5.74, 6) is -0.692. The minimum atomic E-state index is -0.476. The summed E-state index contributed by atoms with van der Waals surface area (Å²) >= 11 is 5.98. The molecule has 0 bridgehead atoms. The molecule has 25 heavy (non-hydrogen) atoms. The Labute approximate surface area is 149 Å². The first-order valence-electron chi connectivity index (χ1n) is 7.77. The SMILES string of the molecule is COC(=O)CC(NC(=O)c1cc2cc(Cl)ccc2[nH]1)c1ccccc1. The molecular weight excluding hydrogens is 340 g/mol. The van der Waals surface area contributed by atoms with Crippen molar-refractivity contribution in [3.63, 3.8) is 0 Å². The number of halogens is 1. The lowest BCUT2D eigenvalue weighted by atomic mass is 10.0. The van der Waals surface area contributed by atoms with E-state index >= 15 is 0 Å². The van der Waals surface area contributed by atoms with Crippen LogP contribution in [0.1, 0.15) is 28.5 Å². The quantitative estimate of drug-likeness (QED) is 0.682. The van der Waals surface area contributed by atoms with E-state index in [0.29, 0.717) is 10.7 Å². The lowest BCUT2D eigenvalue weighted by Crippen LogP contribution is -2.30. The Hall–Kier alpha value is -2.79. The molecule has 3 aromatic rings. The first kappa shape index (κ1) is 17.0. The van der Waals surface area contributed by atoms with Crippen LogP contribution in [-0.2, 0) is 9.53 Å². The van der Waals surface area contributed by atoms with Crippen LogP contribution in [0.4, 0.5) is 0 Å². The van der Waals surface area contributed by atoms with E-state index in [1.165, 1.54) is 7.11 Å². The molecule has 128 valence electrons. The maximum Gasteiger partial charge on any atom is 0.307 e. The van der Waals surface area contributed by atoms with Gasteiger partial charge in [-0.25, -0.2) is 0 Å². The third-order valence-electron chi connectivity index (χ3n) is 3.93. The van der Waals surface area contributed by atoms with Crippen molar-refractivity contribution >= 4 is 34.4 Å². The molecule has 1 aromatic heterocycles. The standard InChI is InChI=1S/C19H17ClN2O3/c1-25-18(23)11-16(12-5-3-2-4-6-12)22-19(24)17-10-13-9-14(20)7-8-15(13)21-17/h2-10,16,21H,11H2,1H3,(H,22,24). The number of aromatic amines is 1. The van der Waals surface area contributed by atoms with Crippen molar-refractivity contribution in [2.24, 2.45) is 0 Å². The minimum Gasteiger partial charge on any atom is -0.469 e. The van der Waals surface area contributed by atoms with E-state index in [1.807, 2.05) is 36.4 Å². The Morgan fingerprint density at radius 3 is 2.64 bits per heavy atom. The Bertz CT molecular complexity index is 905. The third-order valence-corrected chi connectivity index (χ3v) is 4.17. The summed E-state index contributed by atoms with van der Waals surface area (Å²) in [6.07, 6.45) is 0.0539. The van der Waals surface area contributed by atoms with Gasteiger partial charge in [-0.2, -0.15) is 0 Å². The van der Waals surface area contributed by atoms with Gasteiger partial charge in [0.1, 0.15) is 5.69 Å². The first-order valence-corrected chi connectivity index (χ1v) is 8.15. The Morgan fingerprint density at radius 2 is 1.92 bits per heavy atom. The highest BCUT2D eigenvalue weighted by atomic mass is 35.5. The maximum absolute atomic E-state index is 12.6. The Balaban J connectivity index is 1.84. The van der Waals surface area contributed by atoms with Gasteiger partial charge in [0.05, 0.1) is 19.6 Å². The zero-order valence-corrected chi connectivity index (χ0v) is 14.3. The number of nitrogens with one attached hydrogen (secondary N) is 2. The number of benzene rings is 2. The second kappa shape index (κ2) is 7.40. The highest BCUT2D eigenvalue weighted by Crippen LogP contribution is 2.22. The molecule has 1 unspecified atom stereocenters. The summed E-state index contributed by atoms with van der Waals surface area (Å²) in [7, 11) is 1.33. The van der Waals surface area contributed by atoms with Gasteiger partial charge in [-0.3, -0.25) is 9.59 Å². The number of ether oxygens (including phenoxy) is 1. The average Bonchev–Trinajstić information content (AvgIpc) is 3.05. The van der Waals surface area contributed by atoms with E-state index in [-0.39, 0.29) is 12.3 Å². The van der Waals surface area contributed by atoms with Gasteiger partial charge in [0.25, 0.3) is 5.91 Å². The average molecular weight is 357 g/mol. The maximum atomic E-state index is 12.6. The van der Waals surface area contributed by atoms with Crippen LogP contribution in [0.15, 0.2) is 54.6 Å². The van der Waals surface area contributed by atoms with Crippen LogP contribution in [0.25, 0.3) is 10.9 Å². The van der Waals surface area contributed by atoms with Gasteiger partial charge >= 0.3 is 5.97 Å². The zero-order chi connectivity index (χ0) is 17.8. The minimum absolute atomic E-state index is 0.0539. The number of amides is 1. The van der Waals surface area contributed by atoms with E-state index in [9.17, 15) is 9.59 Å². The van der Waals surface area contributed by atoms with E-state index in [2.05, 4.69) is 10.3 Å². The van der Waals surface area contributed by atoms with Crippen LogP contribution in [0.5, 0.6) is 0 Å². The van der Waals surface area contributed by atoms with Gasteiger partial charge in [0.15, 0.2) is 0 Å². The monoisotopic (exact) mass is 356 g/mol. The third kappa shape index (κ3) is 4.00. The molecule has 0 aliphatic carbocycles. The highest BCUT2D eigenvalue weighted by molar-refractivity contribution is 6.31. The summed E-state index contributed by atoms with van der Waals surface area (Å²) in [6, 6.07) is 15.9. The van der Waals surface area contributed by atoms with Gasteiger partial charge in [-0.1, -0.05) is 41.9 Å². The molecular formula is C19H17ClN2O3. The number of rotatable bonds is 5. The second-order valence-corrected chi connectivity index (χ2v) is 6.07. The lowest BCUT2D eigenvalue weighted by molar-refractivity contribution is -0.141. The van der Waals surface area contributed by atoms with Gasteiger partial charge in [-0.15, -0.1) is 0 Å². The topological polar surface area (TPSA) is 71.2 Å². The van der Waals surface area contributed by atoms with E-state index in [0.717, 1.165) is 16.5 Å². The molecule has 1 heterocycles. The molecule has 2 N–H and O–H groups in total. The molecule has 5 nitrogen and oxygen atoms in total. The number of H-pyrrole nitrogens is 1. The number of hydrogen-bond donors (Lipinski definition) is 2. The second-order valence-electron chi connectivity index (χ2n) is 5.63. The summed E-state index contributed by atoms with van der Waals surface area (Å²) < 4.78 is 4.74. The fourth-order valence-electron chi connectivity index (χ4n) is 2.65. The van der Waals surface area contributed by atoms with Crippen LogP contribution in [-0.4, -0.2) is 24.0 Å². The first-order chi connectivity index (χ1) is 12.1. The van der Waals surface area contributed by atoms with Crippen molar-refractivity contribution < 1.29 is 14.3 Å². The number of fused-ring (bicyclic) bond motifs is 1. The van der Waals surface area contributed by atoms with E-state index in [1.54, 1.807) is 18.2 Å². The number of hydrogen-bond acceptors (Lipinski definition) is 3. The molecule has 2 aromatic carbocycles. The molecule has 6 heteroatoms. The smallest absolute Gasteiger partial charge is 0.307 e. The van der Waals surface area contributed by atoms with Crippen molar-refractivity contribution in [1.82, 2.24) is 10.3 Å². The number of carbonyl (C=O) groups is 2. The zero-order valence-electron chi connectivity index (χ0n) is 13.6. The van der Waals surface area contributed by atoms with Crippen LogP contribution < -0.4 is 5.32 Å². The Morgan fingerprint density at radius 1 is 1.16 bits per heavy atom. The van der Waals surface area contributed by atoms with Crippen LogP contribution >= 0.6 is 11.6 Å². The molecule has 0 saturated carbocycles. The fourth-order valence-corrected chi connectivity index (χ4v) is 2.83. The summed E-state index contributed by atoms with van der Waals surface area (Å²) in [5, 5.41) is 4.34. The van der Waals surface area contributed by atoms with Crippen molar-refractivity contribution in [2.75, 3.05) is 7.11 Å². The van der Waals surface area contributed by atoms with Crippen molar-refractivity contribution in [2.45, 2.75) is 12.5 Å². The summed E-state index contributed by atoms with van der Waals surface area (Å²) in [5.41, 5.74) is 2.06. The molecule has 1 amide bonds. The normalized spacial score (nSPS) is 11.9. The number of carbonyl (C=O) groups excluding carboxylic acids is 2. The largest absolute Gasteiger partial charge is 0.469 e. The molecule has 0 aliphatic heterocycles. The molecule has 0 fully saturated rings. The van der Waals surface area contributed by atoms with Crippen LogP contribution in [0, 0.1) is 0 Å². The molecule has 0 aliphatic rings. The van der Waals surface area contributed by atoms with Gasteiger partial charge in [-0.05, 0) is 29.8 Å². The fraction of sp³-hybridized carbons (Fsp3) is 0.158. The van der Waals surface area contributed by atoms with E-state index in [4.69, 9.17) is 16.3 Å². The lowest BCUT2D eigenvalue weighted by Gasteiger charge is -2.17. The van der Waals surface area contributed by atoms with Gasteiger partial charge in [0.2, 0.25) is 0 Å². The number of aromatic nitrogens is 1. The predicted molar refractivity (Wildman–Crippen MR) is 96.6 cm³/mol. The molecule has 1 atom stereocenters. The molecule has 0 spiro atoms. The van der Waals surface area contributed by atoms with Crippen molar-refractivity contribution in [1.29, 1.82) is 0 Å². The van der Waals surface area contributed by atoms with E-state index < -0.39 is 12.0 Å². The summed E-state index contributed by atoms with van der Waals surface area (Å²) in [6.45, 7) is 0. The Kier molecular flexibility index (Phi) is 5.05. The molecule has 0 radical (unpaired) electrons. The number of esters is 1. The van der Waals surface area contributed by atoms with Crippen molar-refractivity contribution in [3.8, 4) is 0 Å². The van der Waals surface area contributed by atoms with Crippen molar-refractivity contribution in [3.05, 3.63) is 70.9 Å². The molecule has 3 rings (SSSR count). The molecule has 0 saturated heterocycles. The van der Waals surface area contributed by atoms with Gasteiger partial charge in [0, 0.05) is 15.9 Å². The van der Waals surface area contributed by atoms with Gasteiger partial charge < -0.3 is 15.0 Å². The summed E-state index contributed by atoms with van der Waals surface area (Å²) in [4.78, 5) is 27.4. The predicted octanol–water partition coefficient (Wildman–Crippen LogP) is 3.86.